The van der Waals surface area contributed by atoms with Crippen LogP contribution in [0.1, 0.15) is 44.6 Å². The Kier molecular flexibility index (Phi) is 4.37. The van der Waals surface area contributed by atoms with Gasteiger partial charge < -0.3 is 0 Å². The summed E-state index contributed by atoms with van der Waals surface area (Å²) in [6, 6.07) is 10.1. The SMILES string of the molecule is CCCC(=O)[C@@H](CC)c1ccccc1. The first-order valence-electron chi connectivity index (χ1n) is 5.37. The number of hydrogen-bond donors (Lipinski definition) is 0. The van der Waals surface area contributed by atoms with Crippen LogP contribution >= 0.6 is 0 Å². The summed E-state index contributed by atoms with van der Waals surface area (Å²) in [7, 11) is 0. The third kappa shape index (κ3) is 2.69. The van der Waals surface area contributed by atoms with Crippen molar-refractivity contribution in [3.8, 4) is 0 Å². The molecule has 0 saturated carbocycles. The highest BCUT2D eigenvalue weighted by molar-refractivity contribution is 5.85. The lowest BCUT2D eigenvalue weighted by atomic mass is 9.90. The van der Waals surface area contributed by atoms with Crippen molar-refractivity contribution in [1.29, 1.82) is 0 Å². The molecule has 0 unspecified atom stereocenters. The number of benzene rings is 1. The number of carbonyl (C=O) groups excluding carboxylic acids is 1. The standard InChI is InChI=1S/C13H18O/c1-3-8-13(14)12(4-2)11-9-6-5-7-10-11/h5-7,9-10,12H,3-4,8H2,1-2H3/t12-/m0/s1. The Balaban J connectivity index is 2.77. The van der Waals surface area contributed by atoms with Crippen LogP contribution in [0.25, 0.3) is 0 Å². The lowest BCUT2D eigenvalue weighted by molar-refractivity contribution is -0.120. The van der Waals surface area contributed by atoms with Gasteiger partial charge in [-0.05, 0) is 18.4 Å². The van der Waals surface area contributed by atoms with E-state index >= 15 is 0 Å². The average Bonchev–Trinajstić information content (AvgIpc) is 2.21. The normalized spacial score (nSPS) is 12.4. The Labute approximate surface area is 86.1 Å². The highest BCUT2D eigenvalue weighted by Gasteiger charge is 2.16. The summed E-state index contributed by atoms with van der Waals surface area (Å²) in [5.41, 5.74) is 1.16. The molecule has 0 fully saturated rings. The summed E-state index contributed by atoms with van der Waals surface area (Å²) in [6.07, 6.45) is 2.55. The van der Waals surface area contributed by atoms with Crippen molar-refractivity contribution < 1.29 is 4.79 Å². The predicted molar refractivity (Wildman–Crippen MR) is 59.4 cm³/mol. The van der Waals surface area contributed by atoms with Gasteiger partial charge in [-0.1, -0.05) is 44.2 Å². The van der Waals surface area contributed by atoms with Gasteiger partial charge in [0, 0.05) is 12.3 Å². The molecular weight excluding hydrogens is 172 g/mol. The van der Waals surface area contributed by atoms with Gasteiger partial charge in [0.25, 0.3) is 0 Å². The molecule has 14 heavy (non-hydrogen) atoms. The number of Topliss-reactive ketones (excluding diaryl/α,β-unsaturated/α-hetero) is 1. The lowest BCUT2D eigenvalue weighted by Gasteiger charge is -2.13. The minimum Gasteiger partial charge on any atom is -0.299 e. The molecule has 0 heterocycles. The third-order valence-corrected chi connectivity index (χ3v) is 2.50. The maximum atomic E-state index is 11.8. The molecule has 1 rings (SSSR count). The molecule has 0 amide bonds. The molecule has 0 aliphatic carbocycles. The molecule has 1 heteroatoms. The number of rotatable bonds is 5. The molecule has 1 aromatic rings. The molecule has 1 atom stereocenters. The average molecular weight is 190 g/mol. The van der Waals surface area contributed by atoms with Crippen molar-refractivity contribution in [2.75, 3.05) is 0 Å². The Bertz CT molecular complexity index is 277. The molecule has 0 radical (unpaired) electrons. The van der Waals surface area contributed by atoms with E-state index < -0.39 is 0 Å². The predicted octanol–water partition coefficient (Wildman–Crippen LogP) is 3.55. The van der Waals surface area contributed by atoms with Crippen molar-refractivity contribution in [3.05, 3.63) is 35.9 Å². The molecule has 0 aliphatic heterocycles. The monoisotopic (exact) mass is 190 g/mol. The zero-order valence-electron chi connectivity index (χ0n) is 8.99. The van der Waals surface area contributed by atoms with Crippen LogP contribution in [0.4, 0.5) is 0 Å². The van der Waals surface area contributed by atoms with Crippen LogP contribution in [0, 0.1) is 0 Å². The number of hydrogen-bond acceptors (Lipinski definition) is 1. The molecule has 0 N–H and O–H groups in total. The molecule has 0 spiro atoms. The molecule has 76 valence electrons. The van der Waals surface area contributed by atoms with Crippen molar-refractivity contribution in [3.63, 3.8) is 0 Å². The lowest BCUT2D eigenvalue weighted by Crippen LogP contribution is -2.11. The first kappa shape index (κ1) is 11.0. The van der Waals surface area contributed by atoms with Crippen molar-refractivity contribution in [2.45, 2.75) is 39.0 Å². The molecule has 0 saturated heterocycles. The summed E-state index contributed by atoms with van der Waals surface area (Å²) >= 11 is 0. The van der Waals surface area contributed by atoms with Gasteiger partial charge in [0.05, 0.1) is 0 Å². The van der Waals surface area contributed by atoms with Gasteiger partial charge in [-0.25, -0.2) is 0 Å². The van der Waals surface area contributed by atoms with E-state index in [-0.39, 0.29) is 5.92 Å². The molecule has 1 aromatic carbocycles. The summed E-state index contributed by atoms with van der Waals surface area (Å²) in [4.78, 5) is 11.8. The van der Waals surface area contributed by atoms with Gasteiger partial charge in [0.15, 0.2) is 0 Å². The molecule has 0 aromatic heterocycles. The first-order chi connectivity index (χ1) is 6.79. The molecule has 0 aliphatic rings. The van der Waals surface area contributed by atoms with E-state index in [0.717, 1.165) is 18.4 Å². The topological polar surface area (TPSA) is 17.1 Å². The van der Waals surface area contributed by atoms with Gasteiger partial charge in [0.2, 0.25) is 0 Å². The quantitative estimate of drug-likeness (QED) is 0.694. The van der Waals surface area contributed by atoms with E-state index in [1.54, 1.807) is 0 Å². The Morgan fingerprint density at radius 3 is 2.36 bits per heavy atom. The van der Waals surface area contributed by atoms with Gasteiger partial charge in [-0.2, -0.15) is 0 Å². The largest absolute Gasteiger partial charge is 0.299 e. The van der Waals surface area contributed by atoms with E-state index in [1.165, 1.54) is 0 Å². The minimum absolute atomic E-state index is 0.108. The zero-order valence-corrected chi connectivity index (χ0v) is 8.99. The highest BCUT2D eigenvalue weighted by atomic mass is 16.1. The third-order valence-electron chi connectivity index (χ3n) is 2.50. The maximum absolute atomic E-state index is 11.8. The van der Waals surface area contributed by atoms with Crippen molar-refractivity contribution in [1.82, 2.24) is 0 Å². The van der Waals surface area contributed by atoms with E-state index in [2.05, 4.69) is 13.8 Å². The fourth-order valence-electron chi connectivity index (χ4n) is 1.76. The minimum atomic E-state index is 0.108. The number of ketones is 1. The molecule has 0 bridgehead atoms. The van der Waals surface area contributed by atoms with E-state index in [9.17, 15) is 4.79 Å². The van der Waals surface area contributed by atoms with E-state index in [4.69, 9.17) is 0 Å². The smallest absolute Gasteiger partial charge is 0.140 e. The summed E-state index contributed by atoms with van der Waals surface area (Å²) in [5, 5.41) is 0. The second kappa shape index (κ2) is 5.58. The van der Waals surface area contributed by atoms with E-state index in [1.807, 2.05) is 30.3 Å². The highest BCUT2D eigenvalue weighted by Crippen LogP contribution is 2.21. The second-order valence-electron chi connectivity index (χ2n) is 3.59. The van der Waals surface area contributed by atoms with Crippen LogP contribution < -0.4 is 0 Å². The van der Waals surface area contributed by atoms with Crippen LogP contribution in [-0.2, 0) is 4.79 Å². The second-order valence-corrected chi connectivity index (χ2v) is 3.59. The maximum Gasteiger partial charge on any atom is 0.140 e. The summed E-state index contributed by atoms with van der Waals surface area (Å²) in [6.45, 7) is 4.13. The van der Waals surface area contributed by atoms with Crippen LogP contribution in [0.3, 0.4) is 0 Å². The first-order valence-corrected chi connectivity index (χ1v) is 5.37. The zero-order chi connectivity index (χ0) is 10.4. The summed E-state index contributed by atoms with van der Waals surface area (Å²) < 4.78 is 0. The van der Waals surface area contributed by atoms with Crippen LogP contribution in [0.5, 0.6) is 0 Å². The van der Waals surface area contributed by atoms with E-state index in [0.29, 0.717) is 12.2 Å². The summed E-state index contributed by atoms with van der Waals surface area (Å²) in [5.74, 6) is 0.484. The van der Waals surface area contributed by atoms with Crippen molar-refractivity contribution >= 4 is 5.78 Å². The van der Waals surface area contributed by atoms with Crippen molar-refractivity contribution in [2.24, 2.45) is 0 Å². The Hall–Kier alpha value is -1.11. The van der Waals surface area contributed by atoms with Crippen LogP contribution in [-0.4, -0.2) is 5.78 Å². The fourth-order valence-corrected chi connectivity index (χ4v) is 1.76. The van der Waals surface area contributed by atoms with Crippen LogP contribution in [0.2, 0.25) is 0 Å². The molecule has 1 nitrogen and oxygen atoms in total. The Morgan fingerprint density at radius 1 is 1.21 bits per heavy atom. The fraction of sp³-hybridized carbons (Fsp3) is 0.462. The van der Waals surface area contributed by atoms with Gasteiger partial charge in [-0.3, -0.25) is 4.79 Å². The van der Waals surface area contributed by atoms with Crippen LogP contribution in [0.15, 0.2) is 30.3 Å². The Morgan fingerprint density at radius 2 is 1.86 bits per heavy atom. The van der Waals surface area contributed by atoms with Gasteiger partial charge in [-0.15, -0.1) is 0 Å². The van der Waals surface area contributed by atoms with Gasteiger partial charge >= 0.3 is 0 Å². The van der Waals surface area contributed by atoms with Gasteiger partial charge in [0.1, 0.15) is 5.78 Å². The number of carbonyl (C=O) groups is 1. The molecular formula is C13H18O.